The lowest BCUT2D eigenvalue weighted by Crippen LogP contribution is -2.31. The minimum Gasteiger partial charge on any atom is -0.451 e. The lowest BCUT2D eigenvalue weighted by Gasteiger charge is -2.15. The first-order chi connectivity index (χ1) is 10.1. The molecule has 0 spiro atoms. The topological polar surface area (TPSA) is 71.2 Å². The van der Waals surface area contributed by atoms with Crippen molar-refractivity contribution in [2.24, 2.45) is 0 Å². The number of halogens is 1. The number of benzene rings is 1. The molecule has 1 aromatic heterocycles. The van der Waals surface area contributed by atoms with Crippen LogP contribution in [-0.2, 0) is 9.53 Å². The highest BCUT2D eigenvalue weighted by Crippen LogP contribution is 2.22. The quantitative estimate of drug-likeness (QED) is 0.814. The number of hydrogen-bond acceptors (Lipinski definition) is 3. The Bertz CT molecular complexity index is 626. The standard InChI is InChI=1S/C15H15BrN2O3/c1-10(11-5-2-3-6-12(11)16)18-14(19)9-21-15(20)13-7-4-8-17-13/h2-8,10,17H,9H2,1H3,(H,18,19)/t10-/m0/s1. The third kappa shape index (κ3) is 4.19. The molecule has 2 rings (SSSR count). The molecule has 1 heterocycles. The smallest absolute Gasteiger partial charge is 0.355 e. The lowest BCUT2D eigenvalue weighted by atomic mass is 10.1. The van der Waals surface area contributed by atoms with E-state index in [0.29, 0.717) is 5.69 Å². The summed E-state index contributed by atoms with van der Waals surface area (Å²) in [6.07, 6.45) is 1.62. The zero-order chi connectivity index (χ0) is 15.2. The van der Waals surface area contributed by atoms with E-state index < -0.39 is 5.97 Å². The highest BCUT2D eigenvalue weighted by atomic mass is 79.9. The molecule has 110 valence electrons. The van der Waals surface area contributed by atoms with Gasteiger partial charge in [-0.15, -0.1) is 0 Å². The number of ether oxygens (including phenoxy) is 1. The lowest BCUT2D eigenvalue weighted by molar-refractivity contribution is -0.124. The number of aromatic nitrogens is 1. The third-order valence-corrected chi connectivity index (χ3v) is 3.62. The minimum absolute atomic E-state index is 0.183. The first-order valence-corrected chi connectivity index (χ1v) is 7.21. The Labute approximate surface area is 130 Å². The Hall–Kier alpha value is -2.08. The average Bonchev–Trinajstić information content (AvgIpc) is 2.99. The van der Waals surface area contributed by atoms with Gasteiger partial charge in [0.25, 0.3) is 5.91 Å². The molecule has 0 unspecified atom stereocenters. The second-order valence-electron chi connectivity index (χ2n) is 4.47. The maximum absolute atomic E-state index is 11.8. The Morgan fingerprint density at radius 3 is 2.71 bits per heavy atom. The summed E-state index contributed by atoms with van der Waals surface area (Å²) in [5.41, 5.74) is 1.28. The second-order valence-corrected chi connectivity index (χ2v) is 5.32. The number of esters is 1. The normalized spacial score (nSPS) is 11.7. The molecule has 0 aliphatic rings. The van der Waals surface area contributed by atoms with Crippen molar-refractivity contribution >= 4 is 27.8 Å². The van der Waals surface area contributed by atoms with Crippen LogP contribution in [0.4, 0.5) is 0 Å². The summed E-state index contributed by atoms with van der Waals surface area (Å²) in [6, 6.07) is 10.7. The van der Waals surface area contributed by atoms with E-state index in [-0.39, 0.29) is 18.6 Å². The van der Waals surface area contributed by atoms with Gasteiger partial charge in [-0.2, -0.15) is 0 Å². The van der Waals surface area contributed by atoms with Crippen molar-refractivity contribution < 1.29 is 14.3 Å². The fourth-order valence-electron chi connectivity index (χ4n) is 1.85. The maximum atomic E-state index is 11.8. The third-order valence-electron chi connectivity index (χ3n) is 2.90. The first kappa shape index (κ1) is 15.3. The summed E-state index contributed by atoms with van der Waals surface area (Å²) in [7, 11) is 0. The van der Waals surface area contributed by atoms with Crippen molar-refractivity contribution in [2.75, 3.05) is 6.61 Å². The van der Waals surface area contributed by atoms with Gasteiger partial charge in [0.05, 0.1) is 6.04 Å². The zero-order valence-electron chi connectivity index (χ0n) is 11.4. The Balaban J connectivity index is 1.85. The number of rotatable bonds is 5. The number of H-pyrrole nitrogens is 1. The molecule has 2 aromatic rings. The van der Waals surface area contributed by atoms with Crippen molar-refractivity contribution in [2.45, 2.75) is 13.0 Å². The van der Waals surface area contributed by atoms with E-state index in [9.17, 15) is 9.59 Å². The summed E-state index contributed by atoms with van der Waals surface area (Å²) in [5.74, 6) is -0.901. The van der Waals surface area contributed by atoms with Crippen molar-refractivity contribution in [3.05, 3.63) is 58.3 Å². The van der Waals surface area contributed by atoms with Crippen LogP contribution in [0, 0.1) is 0 Å². The van der Waals surface area contributed by atoms with E-state index in [4.69, 9.17) is 4.74 Å². The number of aromatic amines is 1. The van der Waals surface area contributed by atoms with E-state index in [1.165, 1.54) is 0 Å². The number of carbonyl (C=O) groups is 2. The summed E-state index contributed by atoms with van der Waals surface area (Å²) in [4.78, 5) is 26.1. The van der Waals surface area contributed by atoms with Crippen LogP contribution in [0.1, 0.15) is 29.0 Å². The molecule has 21 heavy (non-hydrogen) atoms. The molecule has 0 bridgehead atoms. The van der Waals surface area contributed by atoms with Gasteiger partial charge in [-0.3, -0.25) is 4.79 Å². The van der Waals surface area contributed by atoms with Crippen LogP contribution in [0.25, 0.3) is 0 Å². The first-order valence-electron chi connectivity index (χ1n) is 6.42. The molecule has 0 radical (unpaired) electrons. The van der Waals surface area contributed by atoms with Crippen molar-refractivity contribution in [3.8, 4) is 0 Å². The zero-order valence-corrected chi connectivity index (χ0v) is 13.0. The van der Waals surface area contributed by atoms with E-state index in [1.807, 2.05) is 31.2 Å². The van der Waals surface area contributed by atoms with Gasteiger partial charge in [0.1, 0.15) is 5.69 Å². The van der Waals surface area contributed by atoms with Crippen LogP contribution >= 0.6 is 15.9 Å². The molecular formula is C15H15BrN2O3. The Morgan fingerprint density at radius 2 is 2.05 bits per heavy atom. The van der Waals surface area contributed by atoms with E-state index in [0.717, 1.165) is 10.0 Å². The van der Waals surface area contributed by atoms with Crippen molar-refractivity contribution in [1.82, 2.24) is 10.3 Å². The van der Waals surface area contributed by atoms with Gasteiger partial charge in [0, 0.05) is 10.7 Å². The summed E-state index contributed by atoms with van der Waals surface area (Å²) in [6.45, 7) is 1.55. The van der Waals surface area contributed by atoms with Gasteiger partial charge in [0.15, 0.2) is 6.61 Å². The van der Waals surface area contributed by atoms with Gasteiger partial charge in [-0.1, -0.05) is 34.1 Å². The van der Waals surface area contributed by atoms with Crippen LogP contribution in [0.15, 0.2) is 47.1 Å². The van der Waals surface area contributed by atoms with Crippen molar-refractivity contribution in [3.63, 3.8) is 0 Å². The van der Waals surface area contributed by atoms with Crippen LogP contribution in [0.2, 0.25) is 0 Å². The molecular weight excluding hydrogens is 336 g/mol. The number of amides is 1. The Kier molecular flexibility index (Phi) is 5.16. The highest BCUT2D eigenvalue weighted by Gasteiger charge is 2.14. The number of hydrogen-bond donors (Lipinski definition) is 2. The summed E-state index contributed by atoms with van der Waals surface area (Å²) >= 11 is 3.43. The van der Waals surface area contributed by atoms with Gasteiger partial charge < -0.3 is 15.0 Å². The van der Waals surface area contributed by atoms with Crippen molar-refractivity contribution in [1.29, 1.82) is 0 Å². The molecule has 6 heteroatoms. The van der Waals surface area contributed by atoms with Crippen LogP contribution in [-0.4, -0.2) is 23.5 Å². The van der Waals surface area contributed by atoms with Crippen LogP contribution in [0.5, 0.6) is 0 Å². The summed E-state index contributed by atoms with van der Waals surface area (Å²) in [5, 5.41) is 2.78. The minimum atomic E-state index is -0.552. The highest BCUT2D eigenvalue weighted by molar-refractivity contribution is 9.10. The predicted octanol–water partition coefficient (Wildman–Crippen LogP) is 2.81. The largest absolute Gasteiger partial charge is 0.451 e. The maximum Gasteiger partial charge on any atom is 0.355 e. The van der Waals surface area contributed by atoms with Crippen LogP contribution in [0.3, 0.4) is 0 Å². The molecule has 2 N–H and O–H groups in total. The monoisotopic (exact) mass is 350 g/mol. The number of nitrogens with one attached hydrogen (secondary N) is 2. The average molecular weight is 351 g/mol. The van der Waals surface area contributed by atoms with Gasteiger partial charge in [-0.25, -0.2) is 4.79 Å². The molecule has 0 saturated heterocycles. The second kappa shape index (κ2) is 7.08. The van der Waals surface area contributed by atoms with E-state index >= 15 is 0 Å². The molecule has 0 aliphatic heterocycles. The van der Waals surface area contributed by atoms with Gasteiger partial charge in [-0.05, 0) is 30.7 Å². The van der Waals surface area contributed by atoms with Gasteiger partial charge in [0.2, 0.25) is 0 Å². The Morgan fingerprint density at radius 1 is 1.29 bits per heavy atom. The fraction of sp³-hybridized carbons (Fsp3) is 0.200. The molecule has 1 aromatic carbocycles. The van der Waals surface area contributed by atoms with E-state index in [2.05, 4.69) is 26.2 Å². The number of carbonyl (C=O) groups excluding carboxylic acids is 2. The molecule has 1 amide bonds. The fourth-order valence-corrected chi connectivity index (χ4v) is 2.48. The van der Waals surface area contributed by atoms with E-state index in [1.54, 1.807) is 18.3 Å². The SMILES string of the molecule is C[C@H](NC(=O)COC(=O)c1ccc[nH]1)c1ccccc1Br. The molecule has 5 nitrogen and oxygen atoms in total. The molecule has 0 fully saturated rings. The van der Waals surface area contributed by atoms with Crippen LogP contribution < -0.4 is 5.32 Å². The molecule has 0 saturated carbocycles. The van der Waals surface area contributed by atoms with Gasteiger partial charge >= 0.3 is 5.97 Å². The predicted molar refractivity (Wildman–Crippen MR) is 81.8 cm³/mol. The molecule has 1 atom stereocenters. The molecule has 0 aliphatic carbocycles. The summed E-state index contributed by atoms with van der Waals surface area (Å²) < 4.78 is 5.84.